The number of H-pyrrole nitrogens is 1. The number of hydrogen-bond donors (Lipinski definition) is 2. The minimum atomic E-state index is -0.710. The molecule has 64 valence electrons. The molecule has 0 spiro atoms. The minimum Gasteiger partial charge on any atom is -0.501 e. The summed E-state index contributed by atoms with van der Waals surface area (Å²) in [7, 11) is 0. The third-order valence-electron chi connectivity index (χ3n) is 1.37. The first-order chi connectivity index (χ1) is 5.52. The third-order valence-corrected chi connectivity index (χ3v) is 1.59. The average molecular weight is 186 g/mol. The van der Waals surface area contributed by atoms with Crippen molar-refractivity contribution in [1.29, 1.82) is 0 Å². The zero-order chi connectivity index (χ0) is 9.30. The molecule has 0 aliphatic carbocycles. The van der Waals surface area contributed by atoms with Crippen LogP contribution in [0.1, 0.15) is 5.56 Å². The molecule has 1 rings (SSSR count). The lowest BCUT2D eigenvalue weighted by Crippen LogP contribution is -1.94. The number of aryl methyl sites for hydroxylation is 1. The quantitative estimate of drug-likeness (QED) is 0.397. The molecule has 0 amide bonds. The highest BCUT2D eigenvalue weighted by Crippen LogP contribution is 2.25. The Morgan fingerprint density at radius 2 is 2.33 bits per heavy atom. The van der Waals surface area contributed by atoms with Gasteiger partial charge in [-0.15, -0.1) is 0 Å². The van der Waals surface area contributed by atoms with Crippen LogP contribution in [0, 0.1) is 21.7 Å². The highest BCUT2D eigenvalue weighted by atomic mass is 32.1. The highest BCUT2D eigenvalue weighted by Gasteiger charge is 2.13. The van der Waals surface area contributed by atoms with Gasteiger partial charge in [0.15, 0.2) is 4.64 Å². The number of aromatic hydroxyl groups is 1. The lowest BCUT2D eigenvalue weighted by molar-refractivity contribution is -0.390. The summed E-state index contributed by atoms with van der Waals surface area (Å²) in [5.74, 6) is -0.825. The second kappa shape index (κ2) is 2.90. The van der Waals surface area contributed by atoms with E-state index in [0.29, 0.717) is 5.56 Å². The fraction of sp³-hybridized carbons (Fsp3) is 0.167. The average Bonchev–Trinajstić information content (AvgIpc) is 1.96. The maximum Gasteiger partial charge on any atom is 0.364 e. The van der Waals surface area contributed by atoms with E-state index in [9.17, 15) is 15.2 Å². The maximum absolute atomic E-state index is 10.3. The number of aromatic amines is 1. The largest absolute Gasteiger partial charge is 0.501 e. The van der Waals surface area contributed by atoms with Gasteiger partial charge in [-0.2, -0.15) is 0 Å². The highest BCUT2D eigenvalue weighted by molar-refractivity contribution is 7.71. The van der Waals surface area contributed by atoms with Crippen molar-refractivity contribution < 1.29 is 10.0 Å². The topological polar surface area (TPSA) is 79.2 Å². The molecule has 0 aromatic carbocycles. The summed E-state index contributed by atoms with van der Waals surface area (Å²) < 4.78 is 0.233. The van der Waals surface area contributed by atoms with Crippen molar-refractivity contribution in [3.8, 4) is 5.75 Å². The van der Waals surface area contributed by atoms with Crippen molar-refractivity contribution in [2.75, 3.05) is 0 Å². The molecule has 5 nitrogen and oxygen atoms in total. The van der Waals surface area contributed by atoms with E-state index in [0.717, 1.165) is 0 Å². The predicted octanol–water partition coefficient (Wildman–Crippen LogP) is 1.67. The number of pyridine rings is 1. The number of aromatic nitrogens is 1. The molecule has 6 heteroatoms. The molecule has 0 unspecified atom stereocenters. The van der Waals surface area contributed by atoms with Gasteiger partial charge in [0.25, 0.3) is 0 Å². The molecule has 1 heterocycles. The van der Waals surface area contributed by atoms with E-state index in [4.69, 9.17) is 12.2 Å². The van der Waals surface area contributed by atoms with Crippen molar-refractivity contribution in [3.63, 3.8) is 0 Å². The van der Waals surface area contributed by atoms with Gasteiger partial charge >= 0.3 is 5.82 Å². The molecule has 0 aliphatic rings. The molecule has 1 aromatic rings. The van der Waals surface area contributed by atoms with Gasteiger partial charge in [-0.3, -0.25) is 0 Å². The van der Waals surface area contributed by atoms with Crippen LogP contribution >= 0.6 is 12.2 Å². The van der Waals surface area contributed by atoms with Gasteiger partial charge in [-0.05, 0) is 24.1 Å². The Bertz CT molecular complexity index is 385. The van der Waals surface area contributed by atoms with Gasteiger partial charge in [-0.1, -0.05) is 0 Å². The third kappa shape index (κ3) is 1.42. The Kier molecular flexibility index (Phi) is 2.09. The summed E-state index contributed by atoms with van der Waals surface area (Å²) in [6, 6.07) is 1.46. The molecular formula is C6H6N2O3S. The summed E-state index contributed by atoms with van der Waals surface area (Å²) in [5.41, 5.74) is 0.394. The zero-order valence-corrected chi connectivity index (χ0v) is 7.01. The standard InChI is InChI=1S/C6H6N2O3S/c1-3-2-4(12)7-6(5(3)9)8(10)11/h2,9H,1H3,(H,7,12). The molecular weight excluding hydrogens is 180 g/mol. The number of hydrogen-bond acceptors (Lipinski definition) is 4. The second-order valence-corrected chi connectivity index (χ2v) is 2.71. The molecule has 0 saturated carbocycles. The Balaban J connectivity index is 3.48. The molecule has 0 fully saturated rings. The van der Waals surface area contributed by atoms with Crippen molar-refractivity contribution >= 4 is 18.0 Å². The van der Waals surface area contributed by atoms with E-state index in [2.05, 4.69) is 4.98 Å². The fourth-order valence-corrected chi connectivity index (χ4v) is 1.07. The van der Waals surface area contributed by atoms with Crippen LogP contribution in [0.4, 0.5) is 5.82 Å². The van der Waals surface area contributed by atoms with Gasteiger partial charge in [0.2, 0.25) is 5.75 Å². The smallest absolute Gasteiger partial charge is 0.364 e. The molecule has 1 aromatic heterocycles. The summed E-state index contributed by atoms with van der Waals surface area (Å²) in [4.78, 5) is 11.9. The molecule has 0 bridgehead atoms. The van der Waals surface area contributed by atoms with Crippen LogP contribution in [0.15, 0.2) is 6.07 Å². The Labute approximate surface area is 72.8 Å². The fourth-order valence-electron chi connectivity index (χ4n) is 0.796. The second-order valence-electron chi connectivity index (χ2n) is 2.27. The van der Waals surface area contributed by atoms with Crippen LogP contribution in [0.5, 0.6) is 5.75 Å². The molecule has 0 atom stereocenters. The lowest BCUT2D eigenvalue weighted by Gasteiger charge is -1.99. The summed E-state index contributed by atoms with van der Waals surface area (Å²) >= 11 is 4.69. The number of rotatable bonds is 1. The maximum atomic E-state index is 10.3. The van der Waals surface area contributed by atoms with Gasteiger partial charge in [0.05, 0.1) is 0 Å². The zero-order valence-electron chi connectivity index (χ0n) is 6.20. The van der Waals surface area contributed by atoms with E-state index in [-0.39, 0.29) is 10.4 Å². The van der Waals surface area contributed by atoms with Gasteiger partial charge in [0.1, 0.15) is 0 Å². The van der Waals surface area contributed by atoms with E-state index in [1.54, 1.807) is 6.92 Å². The van der Waals surface area contributed by atoms with E-state index >= 15 is 0 Å². The summed E-state index contributed by atoms with van der Waals surface area (Å²) in [6.07, 6.45) is 0. The molecule has 0 radical (unpaired) electrons. The molecule has 0 aliphatic heterocycles. The van der Waals surface area contributed by atoms with Crippen molar-refractivity contribution in [3.05, 3.63) is 26.4 Å². The van der Waals surface area contributed by atoms with Crippen LogP contribution in [0.2, 0.25) is 0 Å². The first-order valence-electron chi connectivity index (χ1n) is 3.09. The van der Waals surface area contributed by atoms with E-state index in [1.807, 2.05) is 0 Å². The summed E-state index contributed by atoms with van der Waals surface area (Å²) in [5, 5.41) is 19.5. The van der Waals surface area contributed by atoms with Crippen LogP contribution in [0.25, 0.3) is 0 Å². The number of nitrogens with zero attached hydrogens (tertiary/aromatic N) is 1. The monoisotopic (exact) mass is 186 g/mol. The SMILES string of the molecule is Cc1cc(=S)[nH]c([N+](=O)[O-])c1O. The summed E-state index contributed by atoms with van der Waals surface area (Å²) in [6.45, 7) is 1.55. The first kappa shape index (κ1) is 8.66. The predicted molar refractivity (Wildman–Crippen MR) is 44.7 cm³/mol. The number of nitrogens with one attached hydrogen (secondary N) is 1. The van der Waals surface area contributed by atoms with E-state index in [1.165, 1.54) is 6.07 Å². The van der Waals surface area contributed by atoms with Crippen molar-refractivity contribution in [2.24, 2.45) is 0 Å². The van der Waals surface area contributed by atoms with Crippen LogP contribution < -0.4 is 0 Å². The van der Waals surface area contributed by atoms with Crippen LogP contribution in [0.3, 0.4) is 0 Å². The van der Waals surface area contributed by atoms with Crippen molar-refractivity contribution in [1.82, 2.24) is 4.98 Å². The Morgan fingerprint density at radius 3 is 2.83 bits per heavy atom. The van der Waals surface area contributed by atoms with Crippen LogP contribution in [-0.4, -0.2) is 15.0 Å². The minimum absolute atomic E-state index is 0.233. The number of nitro groups is 1. The van der Waals surface area contributed by atoms with Crippen molar-refractivity contribution in [2.45, 2.75) is 6.92 Å². The molecule has 12 heavy (non-hydrogen) atoms. The Morgan fingerprint density at radius 1 is 1.75 bits per heavy atom. The first-order valence-corrected chi connectivity index (χ1v) is 3.50. The lowest BCUT2D eigenvalue weighted by atomic mass is 10.3. The molecule has 2 N–H and O–H groups in total. The van der Waals surface area contributed by atoms with E-state index < -0.39 is 10.7 Å². The molecule has 0 saturated heterocycles. The van der Waals surface area contributed by atoms with Gasteiger partial charge in [0, 0.05) is 11.6 Å². The normalized spacial score (nSPS) is 9.75. The van der Waals surface area contributed by atoms with Gasteiger partial charge < -0.3 is 15.2 Å². The Hall–Kier alpha value is -1.43. The van der Waals surface area contributed by atoms with Gasteiger partial charge in [-0.25, -0.2) is 4.98 Å². The van der Waals surface area contributed by atoms with Crippen LogP contribution in [-0.2, 0) is 0 Å².